The molecule has 0 aliphatic rings. The van der Waals surface area contributed by atoms with Crippen molar-refractivity contribution in [1.29, 1.82) is 0 Å². The van der Waals surface area contributed by atoms with E-state index in [9.17, 15) is 18.4 Å². The second-order valence-corrected chi connectivity index (χ2v) is 6.07. The Morgan fingerprint density at radius 1 is 1.08 bits per heavy atom. The van der Waals surface area contributed by atoms with Crippen LogP contribution in [0.25, 0.3) is 0 Å². The van der Waals surface area contributed by atoms with E-state index in [-0.39, 0.29) is 23.9 Å². The molecule has 0 unspecified atom stereocenters. The number of halogens is 2. The molecule has 1 aromatic carbocycles. The topological polar surface area (TPSA) is 70.2 Å². The van der Waals surface area contributed by atoms with Crippen molar-refractivity contribution in [3.8, 4) is 0 Å². The van der Waals surface area contributed by atoms with E-state index in [1.54, 1.807) is 13.8 Å². The summed E-state index contributed by atoms with van der Waals surface area (Å²) in [6.07, 6.45) is 0.534. The minimum Gasteiger partial charge on any atom is -0.354 e. The van der Waals surface area contributed by atoms with Gasteiger partial charge in [0.05, 0.1) is 6.04 Å². The summed E-state index contributed by atoms with van der Waals surface area (Å²) < 4.78 is 27.1. The van der Waals surface area contributed by atoms with E-state index in [0.29, 0.717) is 6.42 Å². The van der Waals surface area contributed by atoms with E-state index in [1.807, 2.05) is 13.8 Å². The molecule has 7 heteroatoms. The largest absolute Gasteiger partial charge is 0.354 e. The zero-order valence-corrected chi connectivity index (χ0v) is 14.5. The van der Waals surface area contributed by atoms with Gasteiger partial charge in [0.15, 0.2) is 0 Å². The lowest BCUT2D eigenvalue weighted by Gasteiger charge is -2.21. The lowest BCUT2D eigenvalue weighted by atomic mass is 10.0. The molecular weight excluding hydrogens is 316 g/mol. The summed E-state index contributed by atoms with van der Waals surface area (Å²) in [6.45, 7) is 7.15. The molecule has 0 saturated heterocycles. The third-order valence-electron chi connectivity index (χ3n) is 3.37. The molecule has 1 rings (SSSR count). The highest BCUT2D eigenvalue weighted by molar-refractivity contribution is 5.79. The van der Waals surface area contributed by atoms with Crippen LogP contribution in [0.1, 0.15) is 52.1 Å². The number of nitrogens with one attached hydrogen (secondary N) is 3. The number of rotatable bonds is 7. The maximum atomic E-state index is 13.8. The van der Waals surface area contributed by atoms with Gasteiger partial charge in [-0.2, -0.15) is 0 Å². The van der Waals surface area contributed by atoms with Crippen molar-refractivity contribution in [2.45, 2.75) is 58.7 Å². The molecule has 0 saturated carbocycles. The summed E-state index contributed by atoms with van der Waals surface area (Å²) in [5.41, 5.74) is 0.0952. The summed E-state index contributed by atoms with van der Waals surface area (Å²) in [6, 6.07) is 1.58. The third kappa shape index (κ3) is 6.52. The van der Waals surface area contributed by atoms with Crippen LogP contribution in [0.4, 0.5) is 13.6 Å². The summed E-state index contributed by atoms with van der Waals surface area (Å²) in [7, 11) is 0. The number of urea groups is 1. The second-order valence-electron chi connectivity index (χ2n) is 6.07. The summed E-state index contributed by atoms with van der Waals surface area (Å²) in [5, 5.41) is 7.97. The average molecular weight is 341 g/mol. The Bertz CT molecular complexity index is 579. The minimum atomic E-state index is -0.655. The maximum absolute atomic E-state index is 13.8. The van der Waals surface area contributed by atoms with Crippen LogP contribution in [0, 0.1) is 11.6 Å². The quantitative estimate of drug-likeness (QED) is 0.713. The Morgan fingerprint density at radius 2 is 1.75 bits per heavy atom. The van der Waals surface area contributed by atoms with Crippen LogP contribution >= 0.6 is 0 Å². The van der Waals surface area contributed by atoms with Crippen molar-refractivity contribution in [3.63, 3.8) is 0 Å². The molecule has 0 heterocycles. The van der Waals surface area contributed by atoms with E-state index in [2.05, 4.69) is 16.0 Å². The zero-order chi connectivity index (χ0) is 18.3. The molecule has 134 valence electrons. The molecule has 0 aliphatic carbocycles. The molecule has 1 aromatic rings. The van der Waals surface area contributed by atoms with Crippen molar-refractivity contribution >= 4 is 11.9 Å². The summed E-state index contributed by atoms with van der Waals surface area (Å²) >= 11 is 0. The van der Waals surface area contributed by atoms with Gasteiger partial charge in [-0.3, -0.25) is 4.79 Å². The molecular formula is C17H25F2N3O2. The molecule has 0 aliphatic heterocycles. The predicted molar refractivity (Wildman–Crippen MR) is 88.4 cm³/mol. The Hall–Kier alpha value is -2.18. The van der Waals surface area contributed by atoms with Gasteiger partial charge in [0, 0.05) is 24.1 Å². The highest BCUT2D eigenvalue weighted by atomic mass is 19.1. The van der Waals surface area contributed by atoms with Crippen LogP contribution in [-0.2, 0) is 4.79 Å². The van der Waals surface area contributed by atoms with Crippen molar-refractivity contribution in [1.82, 2.24) is 16.0 Å². The first kappa shape index (κ1) is 19.9. The lowest BCUT2D eigenvalue weighted by molar-refractivity contribution is -0.121. The highest BCUT2D eigenvalue weighted by Gasteiger charge is 2.19. The number of amides is 3. The van der Waals surface area contributed by atoms with Gasteiger partial charge >= 0.3 is 6.03 Å². The number of hydrogen-bond acceptors (Lipinski definition) is 2. The van der Waals surface area contributed by atoms with Gasteiger partial charge in [-0.05, 0) is 45.4 Å². The molecule has 3 amide bonds. The van der Waals surface area contributed by atoms with Crippen LogP contribution in [0.3, 0.4) is 0 Å². The van der Waals surface area contributed by atoms with Crippen molar-refractivity contribution < 1.29 is 18.4 Å². The maximum Gasteiger partial charge on any atom is 0.315 e. The number of benzene rings is 1. The summed E-state index contributed by atoms with van der Waals surface area (Å²) in [5.74, 6) is -1.31. The molecule has 0 fully saturated rings. The smallest absolute Gasteiger partial charge is 0.315 e. The Morgan fingerprint density at radius 3 is 2.33 bits per heavy atom. The van der Waals surface area contributed by atoms with Crippen LogP contribution in [0.15, 0.2) is 18.2 Å². The molecule has 2 atom stereocenters. The number of hydrogen-bond donors (Lipinski definition) is 3. The highest BCUT2D eigenvalue weighted by Crippen LogP contribution is 2.21. The first-order valence-corrected chi connectivity index (χ1v) is 8.04. The van der Waals surface area contributed by atoms with Gasteiger partial charge in [-0.1, -0.05) is 6.92 Å². The lowest BCUT2D eigenvalue weighted by Crippen LogP contribution is -2.44. The molecule has 24 heavy (non-hydrogen) atoms. The van der Waals surface area contributed by atoms with E-state index in [1.165, 1.54) is 0 Å². The van der Waals surface area contributed by atoms with Crippen LogP contribution in [0.2, 0.25) is 0 Å². The van der Waals surface area contributed by atoms with Crippen molar-refractivity contribution in [3.05, 3.63) is 35.4 Å². The standard InChI is InChI=1S/C17H25F2N3O2/c1-5-15(13-9-12(18)6-7-14(13)19)22-17(24)21-11(4)8-16(23)20-10(2)3/h6-7,9-11,15H,5,8H2,1-4H3,(H,20,23)(H2,21,22,24)/t11-,15+/m0/s1. The Balaban J connectivity index is 2.61. The van der Waals surface area contributed by atoms with Crippen LogP contribution < -0.4 is 16.0 Å². The fourth-order valence-electron chi connectivity index (χ4n) is 2.32. The van der Waals surface area contributed by atoms with Gasteiger partial charge in [0.1, 0.15) is 11.6 Å². The van der Waals surface area contributed by atoms with Crippen molar-refractivity contribution in [2.24, 2.45) is 0 Å². The van der Waals surface area contributed by atoms with E-state index < -0.39 is 29.7 Å². The monoisotopic (exact) mass is 341 g/mol. The SMILES string of the molecule is CC[C@@H](NC(=O)N[C@@H](C)CC(=O)NC(C)C)c1cc(F)ccc1F. The van der Waals surface area contributed by atoms with Gasteiger partial charge in [0.25, 0.3) is 0 Å². The zero-order valence-electron chi connectivity index (χ0n) is 14.5. The second kappa shape index (κ2) is 9.20. The van der Waals surface area contributed by atoms with E-state index in [0.717, 1.165) is 18.2 Å². The Labute approximate surface area is 141 Å². The normalized spacial score (nSPS) is 13.3. The third-order valence-corrected chi connectivity index (χ3v) is 3.37. The molecule has 0 aromatic heterocycles. The first-order chi connectivity index (χ1) is 11.2. The number of carbonyl (C=O) groups excluding carboxylic acids is 2. The van der Waals surface area contributed by atoms with Gasteiger partial charge in [-0.15, -0.1) is 0 Å². The van der Waals surface area contributed by atoms with E-state index >= 15 is 0 Å². The van der Waals surface area contributed by atoms with Crippen LogP contribution in [-0.4, -0.2) is 24.0 Å². The molecule has 5 nitrogen and oxygen atoms in total. The Kier molecular flexibility index (Phi) is 7.61. The fraction of sp³-hybridized carbons (Fsp3) is 0.529. The number of carbonyl (C=O) groups is 2. The minimum absolute atomic E-state index is 0.0268. The first-order valence-electron chi connectivity index (χ1n) is 8.04. The van der Waals surface area contributed by atoms with Gasteiger partial charge in [-0.25, -0.2) is 13.6 Å². The molecule has 0 spiro atoms. The fourth-order valence-corrected chi connectivity index (χ4v) is 2.32. The molecule has 0 radical (unpaired) electrons. The van der Waals surface area contributed by atoms with E-state index in [4.69, 9.17) is 0 Å². The predicted octanol–water partition coefficient (Wildman–Crippen LogP) is 3.02. The van der Waals surface area contributed by atoms with Crippen LogP contribution in [0.5, 0.6) is 0 Å². The molecule has 3 N–H and O–H groups in total. The average Bonchev–Trinajstić information content (AvgIpc) is 2.46. The summed E-state index contributed by atoms with van der Waals surface area (Å²) in [4.78, 5) is 23.7. The molecule has 0 bridgehead atoms. The van der Waals surface area contributed by atoms with Gasteiger partial charge < -0.3 is 16.0 Å². The van der Waals surface area contributed by atoms with Gasteiger partial charge in [0.2, 0.25) is 5.91 Å². The van der Waals surface area contributed by atoms with Crippen molar-refractivity contribution in [2.75, 3.05) is 0 Å².